The molecule has 0 spiro atoms. The molecule has 2 amide bonds. The normalized spacial score (nSPS) is 10.2. The van der Waals surface area contributed by atoms with Gasteiger partial charge in [0.2, 0.25) is 11.7 Å². The van der Waals surface area contributed by atoms with Gasteiger partial charge in [0.1, 0.15) is 0 Å². The average Bonchev–Trinajstić information content (AvgIpc) is 2.67. The van der Waals surface area contributed by atoms with Gasteiger partial charge in [0.05, 0.1) is 38.5 Å². The molecule has 2 rings (SSSR count). The first-order valence-electron chi connectivity index (χ1n) is 8.40. The van der Waals surface area contributed by atoms with Gasteiger partial charge in [-0.25, -0.2) is 0 Å². The molecule has 2 aromatic rings. The Hall–Kier alpha value is -2.93. The highest BCUT2D eigenvalue weighted by atomic mass is 35.5. The minimum Gasteiger partial charge on any atom is -0.493 e. The van der Waals surface area contributed by atoms with Gasteiger partial charge >= 0.3 is 0 Å². The molecular formula is C20H23ClN2O5. The zero-order valence-electron chi connectivity index (χ0n) is 16.5. The van der Waals surface area contributed by atoms with Crippen LogP contribution >= 0.6 is 11.6 Å². The van der Waals surface area contributed by atoms with E-state index in [4.69, 9.17) is 25.8 Å². The average molecular weight is 407 g/mol. The quantitative estimate of drug-likeness (QED) is 0.763. The van der Waals surface area contributed by atoms with E-state index in [-0.39, 0.29) is 18.2 Å². The minimum atomic E-state index is -0.300. The molecule has 150 valence electrons. The van der Waals surface area contributed by atoms with E-state index in [1.165, 1.54) is 26.2 Å². The third kappa shape index (κ3) is 4.86. The highest BCUT2D eigenvalue weighted by Crippen LogP contribution is 2.38. The van der Waals surface area contributed by atoms with Crippen LogP contribution in [0.3, 0.4) is 0 Å². The molecule has 0 aromatic heterocycles. The van der Waals surface area contributed by atoms with Gasteiger partial charge in [0, 0.05) is 19.7 Å². The van der Waals surface area contributed by atoms with Gasteiger partial charge in [0.15, 0.2) is 11.5 Å². The van der Waals surface area contributed by atoms with Crippen molar-refractivity contribution in [2.45, 2.75) is 6.42 Å². The number of amides is 2. The van der Waals surface area contributed by atoms with E-state index in [0.29, 0.717) is 39.1 Å². The number of nitrogens with one attached hydrogen (secondary N) is 1. The van der Waals surface area contributed by atoms with E-state index in [9.17, 15) is 9.59 Å². The van der Waals surface area contributed by atoms with Crippen molar-refractivity contribution in [1.82, 2.24) is 4.90 Å². The summed E-state index contributed by atoms with van der Waals surface area (Å²) in [6, 6.07) is 8.15. The Kier molecular flexibility index (Phi) is 7.12. The summed E-state index contributed by atoms with van der Waals surface area (Å²) in [7, 11) is 7.83. The molecule has 7 nitrogen and oxygen atoms in total. The monoisotopic (exact) mass is 406 g/mol. The highest BCUT2D eigenvalue weighted by molar-refractivity contribution is 6.33. The van der Waals surface area contributed by atoms with Crippen LogP contribution in [-0.2, 0) is 11.2 Å². The van der Waals surface area contributed by atoms with Crippen molar-refractivity contribution in [3.05, 3.63) is 46.5 Å². The van der Waals surface area contributed by atoms with Gasteiger partial charge in [-0.3, -0.25) is 9.59 Å². The van der Waals surface area contributed by atoms with Crippen LogP contribution in [0.5, 0.6) is 17.2 Å². The smallest absolute Gasteiger partial charge is 0.253 e. The van der Waals surface area contributed by atoms with E-state index in [0.717, 1.165) is 0 Å². The summed E-state index contributed by atoms with van der Waals surface area (Å²) >= 11 is 6.17. The van der Waals surface area contributed by atoms with Crippen molar-refractivity contribution in [2.24, 2.45) is 0 Å². The van der Waals surface area contributed by atoms with Crippen molar-refractivity contribution in [2.75, 3.05) is 40.7 Å². The van der Waals surface area contributed by atoms with Gasteiger partial charge in [-0.05, 0) is 35.9 Å². The second-order valence-corrected chi connectivity index (χ2v) is 6.56. The first kappa shape index (κ1) is 21.4. The van der Waals surface area contributed by atoms with Crippen LogP contribution < -0.4 is 19.5 Å². The molecule has 0 heterocycles. The molecule has 0 unspecified atom stereocenters. The molecule has 0 aliphatic heterocycles. The fourth-order valence-electron chi connectivity index (χ4n) is 2.63. The first-order valence-corrected chi connectivity index (χ1v) is 8.78. The van der Waals surface area contributed by atoms with Crippen LogP contribution in [0.25, 0.3) is 0 Å². The van der Waals surface area contributed by atoms with Crippen LogP contribution in [0, 0.1) is 0 Å². The summed E-state index contributed by atoms with van der Waals surface area (Å²) in [5, 5.41) is 3.08. The Morgan fingerprint density at radius 2 is 1.61 bits per heavy atom. The fourth-order valence-corrected chi connectivity index (χ4v) is 2.79. The van der Waals surface area contributed by atoms with Crippen molar-refractivity contribution >= 4 is 29.1 Å². The molecular weight excluding hydrogens is 384 g/mol. The fraction of sp³-hybridized carbons (Fsp3) is 0.300. The molecule has 0 saturated heterocycles. The van der Waals surface area contributed by atoms with Crippen molar-refractivity contribution < 1.29 is 23.8 Å². The number of hydrogen-bond donors (Lipinski definition) is 1. The van der Waals surface area contributed by atoms with Gasteiger partial charge in [-0.2, -0.15) is 0 Å². The first-order chi connectivity index (χ1) is 13.3. The largest absolute Gasteiger partial charge is 0.493 e. The lowest BCUT2D eigenvalue weighted by Gasteiger charge is -2.15. The number of anilines is 1. The lowest BCUT2D eigenvalue weighted by molar-refractivity contribution is -0.115. The SMILES string of the molecule is COc1cc(CC(=O)Nc2cc(C(=O)N(C)C)ccc2Cl)cc(OC)c1OC. The predicted molar refractivity (Wildman–Crippen MR) is 108 cm³/mol. The summed E-state index contributed by atoms with van der Waals surface area (Å²) in [6.45, 7) is 0. The number of nitrogens with zero attached hydrogens (tertiary/aromatic N) is 1. The Labute approximate surface area is 169 Å². The molecule has 2 aromatic carbocycles. The number of rotatable bonds is 7. The molecule has 0 aliphatic rings. The molecule has 0 saturated carbocycles. The minimum absolute atomic E-state index is 0.0545. The summed E-state index contributed by atoms with van der Waals surface area (Å²) < 4.78 is 15.9. The Balaban J connectivity index is 2.23. The molecule has 8 heteroatoms. The number of halogens is 1. The molecule has 28 heavy (non-hydrogen) atoms. The molecule has 0 aliphatic carbocycles. The van der Waals surface area contributed by atoms with E-state index in [1.807, 2.05) is 0 Å². The summed E-state index contributed by atoms with van der Waals surface area (Å²) in [4.78, 5) is 26.1. The molecule has 0 bridgehead atoms. The van der Waals surface area contributed by atoms with Crippen LogP contribution in [0.4, 0.5) is 5.69 Å². The maximum absolute atomic E-state index is 12.5. The second-order valence-electron chi connectivity index (χ2n) is 6.15. The Morgan fingerprint density at radius 1 is 1.00 bits per heavy atom. The number of methoxy groups -OCH3 is 3. The van der Waals surface area contributed by atoms with Gasteiger partial charge in [-0.15, -0.1) is 0 Å². The van der Waals surface area contributed by atoms with Crippen LogP contribution in [0.1, 0.15) is 15.9 Å². The highest BCUT2D eigenvalue weighted by Gasteiger charge is 2.16. The van der Waals surface area contributed by atoms with Crippen LogP contribution in [-0.4, -0.2) is 52.1 Å². The van der Waals surface area contributed by atoms with Gasteiger partial charge in [-0.1, -0.05) is 11.6 Å². The summed E-state index contributed by atoms with van der Waals surface area (Å²) in [5.74, 6) is 0.886. The van der Waals surface area contributed by atoms with E-state index < -0.39 is 0 Å². The van der Waals surface area contributed by atoms with E-state index in [2.05, 4.69) is 5.32 Å². The van der Waals surface area contributed by atoms with Crippen LogP contribution in [0.15, 0.2) is 30.3 Å². The topological polar surface area (TPSA) is 77.1 Å². The van der Waals surface area contributed by atoms with E-state index >= 15 is 0 Å². The summed E-state index contributed by atoms with van der Waals surface area (Å²) in [5.41, 5.74) is 1.47. The van der Waals surface area contributed by atoms with Crippen molar-refractivity contribution in [3.63, 3.8) is 0 Å². The third-order valence-corrected chi connectivity index (χ3v) is 4.31. The molecule has 0 atom stereocenters. The predicted octanol–water partition coefficient (Wildman–Crippen LogP) is 3.25. The number of carbonyl (C=O) groups is 2. The maximum Gasteiger partial charge on any atom is 0.253 e. The Bertz CT molecular complexity index is 858. The molecule has 1 N–H and O–H groups in total. The maximum atomic E-state index is 12.5. The zero-order valence-corrected chi connectivity index (χ0v) is 17.2. The third-order valence-electron chi connectivity index (χ3n) is 3.98. The van der Waals surface area contributed by atoms with Crippen molar-refractivity contribution in [3.8, 4) is 17.2 Å². The Morgan fingerprint density at radius 3 is 2.11 bits per heavy atom. The number of hydrogen-bond acceptors (Lipinski definition) is 5. The molecule has 0 radical (unpaired) electrons. The van der Waals surface area contributed by atoms with Crippen LogP contribution in [0.2, 0.25) is 5.02 Å². The number of ether oxygens (including phenoxy) is 3. The van der Waals surface area contributed by atoms with E-state index in [1.54, 1.807) is 44.4 Å². The number of benzene rings is 2. The second kappa shape index (κ2) is 9.32. The standard InChI is InChI=1S/C20H23ClN2O5/c1-23(2)20(25)13-6-7-14(21)15(11-13)22-18(24)10-12-8-16(26-3)19(28-5)17(9-12)27-4/h6-9,11H,10H2,1-5H3,(H,22,24). The van der Waals surface area contributed by atoms with Gasteiger partial charge in [0.25, 0.3) is 5.91 Å². The summed E-state index contributed by atoms with van der Waals surface area (Å²) in [6.07, 6.45) is 0.0545. The lowest BCUT2D eigenvalue weighted by Crippen LogP contribution is -2.22. The number of carbonyl (C=O) groups excluding carboxylic acids is 2. The lowest BCUT2D eigenvalue weighted by atomic mass is 10.1. The van der Waals surface area contributed by atoms with Crippen molar-refractivity contribution in [1.29, 1.82) is 0 Å². The molecule has 0 fully saturated rings. The zero-order chi connectivity index (χ0) is 20.8. The van der Waals surface area contributed by atoms with Gasteiger partial charge < -0.3 is 24.4 Å².